The van der Waals surface area contributed by atoms with Gasteiger partial charge in [0.1, 0.15) is 5.82 Å². The zero-order valence-corrected chi connectivity index (χ0v) is 16.2. The number of nitrogens with one attached hydrogen (secondary N) is 1. The number of aromatic nitrogens is 2. The van der Waals surface area contributed by atoms with Crippen molar-refractivity contribution in [2.75, 3.05) is 11.1 Å². The SMILES string of the molecule is Cc1cc(NC(=O)C(=O)N(Cc2ccc(C(F)(F)F)cn2)C23CC(C2)C3)cnc1N. The summed E-state index contributed by atoms with van der Waals surface area (Å²) in [6.07, 6.45) is -0.0290. The Morgan fingerprint density at radius 2 is 1.93 bits per heavy atom. The van der Waals surface area contributed by atoms with Crippen molar-refractivity contribution in [3.63, 3.8) is 0 Å². The average molecular weight is 419 g/mol. The van der Waals surface area contributed by atoms with Gasteiger partial charge in [-0.2, -0.15) is 13.2 Å². The van der Waals surface area contributed by atoms with E-state index >= 15 is 0 Å². The third-order valence-corrected chi connectivity index (χ3v) is 5.87. The van der Waals surface area contributed by atoms with Gasteiger partial charge in [-0.1, -0.05) is 0 Å². The summed E-state index contributed by atoms with van der Waals surface area (Å²) in [7, 11) is 0. The van der Waals surface area contributed by atoms with Crippen molar-refractivity contribution in [3.05, 3.63) is 47.4 Å². The molecule has 0 atom stereocenters. The Balaban J connectivity index is 1.51. The number of hydrogen-bond acceptors (Lipinski definition) is 5. The molecule has 3 aliphatic carbocycles. The minimum Gasteiger partial charge on any atom is -0.383 e. The van der Waals surface area contributed by atoms with Crippen LogP contribution in [0.25, 0.3) is 0 Å². The molecule has 3 aliphatic rings. The molecule has 0 unspecified atom stereocenters. The smallest absolute Gasteiger partial charge is 0.383 e. The van der Waals surface area contributed by atoms with Crippen molar-refractivity contribution in [1.29, 1.82) is 0 Å². The van der Waals surface area contributed by atoms with Crippen LogP contribution < -0.4 is 11.1 Å². The number of nitrogens with zero attached hydrogens (tertiary/aromatic N) is 3. The molecule has 30 heavy (non-hydrogen) atoms. The fourth-order valence-electron chi connectivity index (χ4n) is 4.03. The summed E-state index contributed by atoms with van der Waals surface area (Å²) in [6, 6.07) is 3.77. The first kappa shape index (κ1) is 20.1. The normalized spacial score (nSPS) is 21.9. The lowest BCUT2D eigenvalue weighted by Gasteiger charge is -2.66. The van der Waals surface area contributed by atoms with Crippen LogP contribution in [-0.2, 0) is 22.3 Å². The van der Waals surface area contributed by atoms with Gasteiger partial charge in [-0.05, 0) is 55.9 Å². The highest BCUT2D eigenvalue weighted by atomic mass is 19.4. The molecule has 10 heteroatoms. The van der Waals surface area contributed by atoms with Gasteiger partial charge in [-0.3, -0.25) is 14.6 Å². The number of hydrogen-bond donors (Lipinski definition) is 2. The Bertz CT molecular complexity index is 989. The Hall–Kier alpha value is -3.17. The van der Waals surface area contributed by atoms with Crippen molar-refractivity contribution >= 4 is 23.3 Å². The molecule has 0 saturated heterocycles. The number of nitrogen functional groups attached to an aromatic ring is 1. The summed E-state index contributed by atoms with van der Waals surface area (Å²) in [5.41, 5.74) is 5.67. The molecule has 5 rings (SSSR count). The van der Waals surface area contributed by atoms with Crippen LogP contribution in [0.15, 0.2) is 30.6 Å². The van der Waals surface area contributed by atoms with Crippen LogP contribution in [0.4, 0.5) is 24.7 Å². The fraction of sp³-hybridized carbons (Fsp3) is 0.400. The molecule has 2 amide bonds. The number of nitrogens with two attached hydrogens (primary N) is 1. The highest BCUT2D eigenvalue weighted by molar-refractivity contribution is 6.39. The van der Waals surface area contributed by atoms with Gasteiger partial charge in [0.25, 0.3) is 0 Å². The van der Waals surface area contributed by atoms with Crippen LogP contribution in [0.1, 0.15) is 36.1 Å². The predicted octanol–water partition coefficient (Wildman–Crippen LogP) is 2.91. The quantitative estimate of drug-likeness (QED) is 0.742. The standard InChI is InChI=1S/C20H20F3N5O2/c1-11-4-15(9-26-16(11)24)27-17(29)18(30)28(19-5-12(6-19)7-19)10-14-3-2-13(8-25-14)20(21,22)23/h2-4,8-9,12H,5-7,10H2,1H3,(H2,24,26)(H,27,29). The number of rotatable bonds is 4. The second kappa shape index (κ2) is 6.96. The monoisotopic (exact) mass is 419 g/mol. The first-order valence-corrected chi connectivity index (χ1v) is 9.45. The Morgan fingerprint density at radius 3 is 2.43 bits per heavy atom. The van der Waals surface area contributed by atoms with E-state index in [0.29, 0.717) is 28.7 Å². The zero-order valence-electron chi connectivity index (χ0n) is 16.2. The molecule has 2 heterocycles. The minimum atomic E-state index is -4.49. The Morgan fingerprint density at radius 1 is 1.23 bits per heavy atom. The third kappa shape index (κ3) is 3.57. The van der Waals surface area contributed by atoms with Crippen molar-refractivity contribution in [2.45, 2.75) is 44.4 Å². The van der Waals surface area contributed by atoms with Gasteiger partial charge < -0.3 is 16.0 Å². The summed E-state index contributed by atoms with van der Waals surface area (Å²) >= 11 is 0. The van der Waals surface area contributed by atoms with Crippen LogP contribution in [0.3, 0.4) is 0 Å². The summed E-state index contributed by atoms with van der Waals surface area (Å²) in [5.74, 6) is -0.724. The first-order valence-electron chi connectivity index (χ1n) is 9.45. The van der Waals surface area contributed by atoms with Crippen molar-refractivity contribution in [3.8, 4) is 0 Å². The van der Waals surface area contributed by atoms with Crippen LogP contribution >= 0.6 is 0 Å². The fourth-order valence-corrected chi connectivity index (χ4v) is 4.03. The van der Waals surface area contributed by atoms with E-state index in [2.05, 4.69) is 15.3 Å². The summed E-state index contributed by atoms with van der Waals surface area (Å²) in [4.78, 5) is 34.8. The van der Waals surface area contributed by atoms with E-state index in [1.807, 2.05) is 0 Å². The van der Waals surface area contributed by atoms with Gasteiger partial charge in [0.2, 0.25) is 0 Å². The van der Waals surface area contributed by atoms with E-state index in [0.717, 1.165) is 31.5 Å². The van der Waals surface area contributed by atoms with E-state index in [9.17, 15) is 22.8 Å². The van der Waals surface area contributed by atoms with Crippen molar-refractivity contribution < 1.29 is 22.8 Å². The van der Waals surface area contributed by atoms with Gasteiger partial charge in [0.05, 0.1) is 29.7 Å². The minimum absolute atomic E-state index is 0.0316. The number of carbonyl (C=O) groups excluding carboxylic acids is 2. The summed E-state index contributed by atoms with van der Waals surface area (Å²) < 4.78 is 38.3. The molecule has 3 saturated carbocycles. The molecule has 3 N–H and O–H groups in total. The molecule has 2 bridgehead atoms. The molecule has 158 valence electrons. The second-order valence-electron chi connectivity index (χ2n) is 8.01. The van der Waals surface area contributed by atoms with E-state index in [1.54, 1.807) is 13.0 Å². The third-order valence-electron chi connectivity index (χ3n) is 5.87. The first-order chi connectivity index (χ1) is 14.1. The molecular formula is C20H20F3N5O2. The van der Waals surface area contributed by atoms with Crippen molar-refractivity contribution in [1.82, 2.24) is 14.9 Å². The van der Waals surface area contributed by atoms with E-state index < -0.39 is 29.1 Å². The van der Waals surface area contributed by atoms with Gasteiger partial charge in [-0.15, -0.1) is 0 Å². The van der Waals surface area contributed by atoms with Crippen LogP contribution in [0.5, 0.6) is 0 Å². The second-order valence-corrected chi connectivity index (χ2v) is 8.01. The lowest BCUT2D eigenvalue weighted by molar-refractivity contribution is -0.176. The largest absolute Gasteiger partial charge is 0.417 e. The molecule has 0 aliphatic heterocycles. The van der Waals surface area contributed by atoms with Crippen LogP contribution in [0, 0.1) is 12.8 Å². The topological polar surface area (TPSA) is 101 Å². The number of carbonyl (C=O) groups is 2. The van der Waals surface area contributed by atoms with E-state index in [1.165, 1.54) is 17.2 Å². The number of aryl methyl sites for hydroxylation is 1. The Labute approximate surface area is 170 Å². The number of alkyl halides is 3. The average Bonchev–Trinajstić information content (AvgIpc) is 2.60. The van der Waals surface area contributed by atoms with Crippen LogP contribution in [0.2, 0.25) is 0 Å². The van der Waals surface area contributed by atoms with Gasteiger partial charge in [0.15, 0.2) is 0 Å². The molecule has 0 radical (unpaired) electrons. The van der Waals surface area contributed by atoms with Gasteiger partial charge in [-0.25, -0.2) is 4.98 Å². The molecule has 0 aromatic carbocycles. The Kier molecular flexibility index (Phi) is 4.67. The highest BCUT2D eigenvalue weighted by Gasteiger charge is 2.61. The molecule has 7 nitrogen and oxygen atoms in total. The van der Waals surface area contributed by atoms with Gasteiger partial charge in [0, 0.05) is 11.7 Å². The maximum absolute atomic E-state index is 13.0. The maximum Gasteiger partial charge on any atom is 0.417 e. The zero-order chi connectivity index (χ0) is 21.7. The number of halogens is 3. The van der Waals surface area contributed by atoms with E-state index in [-0.39, 0.29) is 6.54 Å². The summed E-state index contributed by atoms with van der Waals surface area (Å²) in [5, 5.41) is 2.53. The molecule has 2 aromatic rings. The highest BCUT2D eigenvalue weighted by Crippen LogP contribution is 2.60. The predicted molar refractivity (Wildman–Crippen MR) is 102 cm³/mol. The molecule has 3 fully saturated rings. The number of amides is 2. The molecule has 0 spiro atoms. The van der Waals surface area contributed by atoms with E-state index in [4.69, 9.17) is 5.73 Å². The van der Waals surface area contributed by atoms with Gasteiger partial charge >= 0.3 is 18.0 Å². The summed E-state index contributed by atoms with van der Waals surface area (Å²) in [6.45, 7) is 1.69. The lowest BCUT2D eigenvalue weighted by atomic mass is 9.49. The number of anilines is 2. The molecular weight excluding hydrogens is 399 g/mol. The number of pyridine rings is 2. The van der Waals surface area contributed by atoms with Crippen molar-refractivity contribution in [2.24, 2.45) is 5.92 Å². The lowest BCUT2D eigenvalue weighted by Crippen LogP contribution is -2.70. The maximum atomic E-state index is 13.0. The molecule has 2 aromatic heterocycles. The van der Waals surface area contributed by atoms with Crippen LogP contribution in [-0.4, -0.2) is 32.2 Å².